The molecule has 2 heterocycles. The number of nitrogens with zero attached hydrogens (tertiary/aromatic N) is 5. The number of hydrogen-bond donors (Lipinski definition) is 1. The topological polar surface area (TPSA) is 91.7 Å². The van der Waals surface area contributed by atoms with Gasteiger partial charge in [-0.1, -0.05) is 18.5 Å². The van der Waals surface area contributed by atoms with Crippen LogP contribution in [0.1, 0.15) is 61.3 Å². The maximum Gasteiger partial charge on any atom is 0.416 e. The Hall–Kier alpha value is -3.81. The van der Waals surface area contributed by atoms with Gasteiger partial charge in [0, 0.05) is 44.4 Å². The lowest BCUT2D eigenvalue weighted by molar-refractivity contribution is -0.143. The lowest BCUT2D eigenvalue weighted by Gasteiger charge is -2.29. The van der Waals surface area contributed by atoms with Crippen molar-refractivity contribution in [2.75, 3.05) is 29.5 Å². The third kappa shape index (κ3) is 10.1. The summed E-state index contributed by atoms with van der Waals surface area (Å²) in [6.07, 6.45) is -2.79. The first kappa shape index (κ1) is 34.1. The first-order chi connectivity index (χ1) is 21.2. The molecule has 0 saturated heterocycles. The third-order valence-corrected chi connectivity index (χ3v) is 7.17. The van der Waals surface area contributed by atoms with Crippen LogP contribution in [0.15, 0.2) is 42.9 Å². The van der Waals surface area contributed by atoms with Crippen molar-refractivity contribution in [1.82, 2.24) is 15.0 Å². The van der Waals surface area contributed by atoms with E-state index in [9.17, 15) is 31.1 Å². The molecule has 15 heteroatoms. The Kier molecular flexibility index (Phi) is 11.0. The Morgan fingerprint density at radius 1 is 0.956 bits per heavy atom. The predicted octanol–water partition coefficient (Wildman–Crippen LogP) is 7.64. The SMILES string of the molecule is CCCN(CC1CC1)c1ncc(Cl)cc1CN(Cc1cc(C(F)(F)F)cc(C(F)(F)F)c1)c1ncc(OCCCC(=O)O)cn1. The minimum absolute atomic E-state index is 0.00835. The van der Waals surface area contributed by atoms with Crippen LogP contribution in [0.5, 0.6) is 5.75 Å². The summed E-state index contributed by atoms with van der Waals surface area (Å²) in [7, 11) is 0. The molecule has 0 radical (unpaired) electrons. The average molecular weight is 660 g/mol. The summed E-state index contributed by atoms with van der Waals surface area (Å²) in [5.74, 6) is 0.362. The van der Waals surface area contributed by atoms with Gasteiger partial charge < -0.3 is 19.6 Å². The molecule has 0 aliphatic heterocycles. The number of ether oxygens (including phenoxy) is 1. The maximum absolute atomic E-state index is 13.6. The molecule has 244 valence electrons. The van der Waals surface area contributed by atoms with E-state index in [-0.39, 0.29) is 49.3 Å². The molecule has 0 bridgehead atoms. The zero-order chi connectivity index (χ0) is 32.8. The first-order valence-electron chi connectivity index (χ1n) is 14.3. The summed E-state index contributed by atoms with van der Waals surface area (Å²) in [4.78, 5) is 27.4. The number of alkyl halides is 6. The molecule has 0 unspecified atom stereocenters. The highest BCUT2D eigenvalue weighted by Gasteiger charge is 2.37. The van der Waals surface area contributed by atoms with E-state index >= 15 is 0 Å². The van der Waals surface area contributed by atoms with Crippen LogP contribution < -0.4 is 14.5 Å². The second kappa shape index (κ2) is 14.5. The first-order valence-corrected chi connectivity index (χ1v) is 14.7. The Morgan fingerprint density at radius 3 is 2.16 bits per heavy atom. The molecular weight excluding hydrogens is 628 g/mol. The molecule has 45 heavy (non-hydrogen) atoms. The van der Waals surface area contributed by atoms with Gasteiger partial charge in [-0.3, -0.25) is 4.79 Å². The number of carboxylic acid groups (broad SMARTS) is 1. The summed E-state index contributed by atoms with van der Waals surface area (Å²) in [5, 5.41) is 9.10. The lowest BCUT2D eigenvalue weighted by atomic mass is 10.0. The van der Waals surface area contributed by atoms with E-state index in [2.05, 4.69) is 19.9 Å². The average Bonchev–Trinajstić information content (AvgIpc) is 3.78. The fraction of sp³-hybridized carbons (Fsp3) is 0.467. The van der Waals surface area contributed by atoms with Crippen LogP contribution in [0.2, 0.25) is 5.02 Å². The van der Waals surface area contributed by atoms with Crippen molar-refractivity contribution in [1.29, 1.82) is 0 Å². The lowest BCUT2D eigenvalue weighted by Crippen LogP contribution is -2.31. The van der Waals surface area contributed by atoms with Crippen LogP contribution in [0.4, 0.5) is 38.1 Å². The number of pyridine rings is 1. The Balaban J connectivity index is 1.71. The van der Waals surface area contributed by atoms with Gasteiger partial charge in [-0.15, -0.1) is 0 Å². The number of halogens is 7. The second-order valence-electron chi connectivity index (χ2n) is 10.9. The number of aliphatic carboxylic acids is 1. The van der Waals surface area contributed by atoms with E-state index in [0.29, 0.717) is 41.0 Å². The third-order valence-electron chi connectivity index (χ3n) is 6.96. The van der Waals surface area contributed by atoms with Gasteiger partial charge >= 0.3 is 18.3 Å². The fourth-order valence-corrected chi connectivity index (χ4v) is 4.92. The van der Waals surface area contributed by atoms with Crippen molar-refractivity contribution >= 4 is 29.3 Å². The van der Waals surface area contributed by atoms with Crippen LogP contribution in [0, 0.1) is 5.92 Å². The van der Waals surface area contributed by atoms with Crippen molar-refractivity contribution in [2.24, 2.45) is 5.92 Å². The molecule has 1 saturated carbocycles. The zero-order valence-corrected chi connectivity index (χ0v) is 25.1. The summed E-state index contributed by atoms with van der Waals surface area (Å²) >= 11 is 6.31. The number of carbonyl (C=O) groups is 1. The smallest absolute Gasteiger partial charge is 0.416 e. The zero-order valence-electron chi connectivity index (χ0n) is 24.3. The number of carboxylic acids is 1. The second-order valence-corrected chi connectivity index (χ2v) is 11.3. The maximum atomic E-state index is 13.6. The van der Waals surface area contributed by atoms with Gasteiger partial charge in [-0.05, 0) is 61.4 Å². The molecule has 4 rings (SSSR count). The largest absolute Gasteiger partial charge is 0.490 e. The van der Waals surface area contributed by atoms with Gasteiger partial charge in [0.1, 0.15) is 5.82 Å². The molecule has 0 spiro atoms. The summed E-state index contributed by atoms with van der Waals surface area (Å²) < 4.78 is 87.4. The standard InChI is InChI=1S/C30H32ClF6N5O3/c1-2-7-41(16-19-5-6-19)27-21(11-24(31)13-38-27)18-42(28-39-14-25(15-40-28)45-8-3-4-26(43)44)17-20-9-22(29(32,33)34)12-23(10-20)30(35,36)37/h9-15,19H,2-8,16-18H2,1H3,(H,43,44). The normalized spacial score (nSPS) is 13.5. The summed E-state index contributed by atoms with van der Waals surface area (Å²) in [6.45, 7) is 3.09. The molecule has 3 aromatic rings. The van der Waals surface area contributed by atoms with E-state index in [0.717, 1.165) is 25.8 Å². The van der Waals surface area contributed by atoms with Gasteiger partial charge in [-0.2, -0.15) is 26.3 Å². The quantitative estimate of drug-likeness (QED) is 0.132. The number of rotatable bonds is 15. The highest BCUT2D eigenvalue weighted by atomic mass is 35.5. The van der Waals surface area contributed by atoms with Crippen LogP contribution in [-0.2, 0) is 30.2 Å². The molecule has 1 fully saturated rings. The monoisotopic (exact) mass is 659 g/mol. The molecule has 1 aliphatic carbocycles. The predicted molar refractivity (Wildman–Crippen MR) is 155 cm³/mol. The van der Waals surface area contributed by atoms with Crippen LogP contribution in [-0.4, -0.2) is 45.7 Å². The van der Waals surface area contributed by atoms with Crippen molar-refractivity contribution in [3.8, 4) is 5.75 Å². The van der Waals surface area contributed by atoms with Gasteiger partial charge in [0.05, 0.1) is 35.2 Å². The van der Waals surface area contributed by atoms with Crippen LogP contribution in [0.25, 0.3) is 0 Å². The van der Waals surface area contributed by atoms with E-state index in [1.54, 1.807) is 6.07 Å². The van der Waals surface area contributed by atoms with E-state index in [1.807, 2.05) is 6.92 Å². The summed E-state index contributed by atoms with van der Waals surface area (Å²) in [6, 6.07) is 3.10. The van der Waals surface area contributed by atoms with E-state index < -0.39 is 36.0 Å². The van der Waals surface area contributed by atoms with Crippen LogP contribution in [0.3, 0.4) is 0 Å². The van der Waals surface area contributed by atoms with E-state index in [4.69, 9.17) is 21.4 Å². The van der Waals surface area contributed by atoms with Crippen molar-refractivity contribution in [3.63, 3.8) is 0 Å². The molecule has 1 aliphatic rings. The van der Waals surface area contributed by atoms with Gasteiger partial charge in [-0.25, -0.2) is 15.0 Å². The number of hydrogen-bond acceptors (Lipinski definition) is 7. The van der Waals surface area contributed by atoms with Gasteiger partial charge in [0.15, 0.2) is 5.75 Å². The van der Waals surface area contributed by atoms with Crippen molar-refractivity contribution in [3.05, 3.63) is 70.1 Å². The molecule has 1 aromatic carbocycles. The van der Waals surface area contributed by atoms with Crippen molar-refractivity contribution < 1.29 is 41.0 Å². The molecule has 2 aromatic heterocycles. The van der Waals surface area contributed by atoms with Crippen molar-refractivity contribution in [2.45, 2.75) is 64.5 Å². The number of anilines is 2. The number of benzene rings is 1. The van der Waals surface area contributed by atoms with Gasteiger partial charge in [0.2, 0.25) is 5.95 Å². The highest BCUT2D eigenvalue weighted by Crippen LogP contribution is 2.37. The number of aromatic nitrogens is 3. The molecule has 0 amide bonds. The Labute approximate surface area is 261 Å². The van der Waals surface area contributed by atoms with E-state index in [1.165, 1.54) is 23.5 Å². The van der Waals surface area contributed by atoms with Crippen LogP contribution >= 0.6 is 11.6 Å². The molecule has 0 atom stereocenters. The Bertz CT molecular complexity index is 1420. The van der Waals surface area contributed by atoms with Gasteiger partial charge in [0.25, 0.3) is 0 Å². The fourth-order valence-electron chi connectivity index (χ4n) is 4.74. The minimum Gasteiger partial charge on any atom is -0.490 e. The minimum atomic E-state index is -5.01. The highest BCUT2D eigenvalue weighted by molar-refractivity contribution is 6.30. The molecular formula is C30H32ClF6N5O3. The Morgan fingerprint density at radius 2 is 1.60 bits per heavy atom. The summed E-state index contributed by atoms with van der Waals surface area (Å²) in [5.41, 5.74) is -2.52. The molecule has 1 N–H and O–H groups in total. The molecule has 8 nitrogen and oxygen atoms in total.